The maximum atomic E-state index is 11.5. The average molecular weight is 495 g/mol. The van der Waals surface area contributed by atoms with Gasteiger partial charge in [-0.25, -0.2) is 0 Å². The summed E-state index contributed by atoms with van der Waals surface area (Å²) in [5.41, 5.74) is 4.23. The van der Waals surface area contributed by atoms with Crippen LogP contribution in [0.2, 0.25) is 0 Å². The van der Waals surface area contributed by atoms with E-state index in [9.17, 15) is 10.4 Å². The standard InChI is InChI=1S/C31H34N4O2/c1-22(2)34(23(3)4)16-17-37-27-12-9-11-26(19-27)35-21-25(30-14-7-8-15-33-30)18-29(31(35)36)28-13-6-5-10-24(28)20-32/h5-15,18-19,21-23,31,36H,16-17H2,1-4H3. The molecule has 1 aromatic heterocycles. The smallest absolute Gasteiger partial charge is 0.157 e. The summed E-state index contributed by atoms with van der Waals surface area (Å²) in [6, 6.07) is 23.9. The van der Waals surface area contributed by atoms with Gasteiger partial charge in [0.2, 0.25) is 0 Å². The molecule has 1 aliphatic heterocycles. The van der Waals surface area contributed by atoms with Crippen LogP contribution in [0.4, 0.5) is 5.69 Å². The van der Waals surface area contributed by atoms with Crippen molar-refractivity contribution in [1.82, 2.24) is 9.88 Å². The van der Waals surface area contributed by atoms with E-state index in [1.54, 1.807) is 17.2 Å². The van der Waals surface area contributed by atoms with Crippen molar-refractivity contribution in [3.05, 3.63) is 102 Å². The third-order valence-electron chi connectivity index (χ3n) is 6.51. The van der Waals surface area contributed by atoms with Crippen LogP contribution in [0.3, 0.4) is 0 Å². The van der Waals surface area contributed by atoms with Crippen molar-refractivity contribution < 1.29 is 9.84 Å². The van der Waals surface area contributed by atoms with E-state index in [0.29, 0.717) is 35.4 Å². The van der Waals surface area contributed by atoms with Crippen LogP contribution in [-0.4, -0.2) is 46.5 Å². The normalized spacial score (nSPS) is 15.5. The largest absolute Gasteiger partial charge is 0.492 e. The van der Waals surface area contributed by atoms with Crippen LogP contribution in [0, 0.1) is 11.3 Å². The molecule has 0 fully saturated rings. The number of aromatic nitrogens is 1. The van der Waals surface area contributed by atoms with Crippen LogP contribution >= 0.6 is 0 Å². The molecule has 0 amide bonds. The maximum absolute atomic E-state index is 11.5. The van der Waals surface area contributed by atoms with Crippen LogP contribution in [0.5, 0.6) is 5.75 Å². The van der Waals surface area contributed by atoms with Crippen LogP contribution in [0.15, 0.2) is 85.2 Å². The lowest BCUT2D eigenvalue weighted by Gasteiger charge is -2.33. The van der Waals surface area contributed by atoms with E-state index in [0.717, 1.165) is 29.2 Å². The zero-order valence-corrected chi connectivity index (χ0v) is 21.9. The lowest BCUT2D eigenvalue weighted by atomic mass is 9.93. The first-order chi connectivity index (χ1) is 17.9. The topological polar surface area (TPSA) is 72.6 Å². The average Bonchev–Trinajstić information content (AvgIpc) is 2.91. The Morgan fingerprint density at radius 3 is 2.49 bits per heavy atom. The molecule has 1 atom stereocenters. The summed E-state index contributed by atoms with van der Waals surface area (Å²) < 4.78 is 6.12. The van der Waals surface area contributed by atoms with Gasteiger partial charge >= 0.3 is 0 Å². The van der Waals surface area contributed by atoms with Crippen LogP contribution < -0.4 is 9.64 Å². The molecule has 0 spiro atoms. The summed E-state index contributed by atoms with van der Waals surface area (Å²) in [5, 5.41) is 21.2. The summed E-state index contributed by atoms with van der Waals surface area (Å²) in [4.78, 5) is 8.71. The molecule has 0 saturated heterocycles. The van der Waals surface area contributed by atoms with Crippen molar-refractivity contribution in [2.24, 2.45) is 0 Å². The minimum absolute atomic E-state index is 0.440. The van der Waals surface area contributed by atoms with E-state index >= 15 is 0 Å². The first-order valence-electron chi connectivity index (χ1n) is 12.7. The molecule has 3 aromatic rings. The number of nitriles is 1. The highest BCUT2D eigenvalue weighted by Crippen LogP contribution is 2.36. The van der Waals surface area contributed by atoms with Gasteiger partial charge < -0.3 is 14.7 Å². The molecular formula is C31H34N4O2. The Bertz CT molecular complexity index is 1300. The summed E-state index contributed by atoms with van der Waals surface area (Å²) in [5.74, 6) is 0.735. The second kappa shape index (κ2) is 11.9. The maximum Gasteiger partial charge on any atom is 0.157 e. The van der Waals surface area contributed by atoms with Gasteiger partial charge in [0.1, 0.15) is 12.4 Å². The highest BCUT2D eigenvalue weighted by molar-refractivity contribution is 5.90. The van der Waals surface area contributed by atoms with Gasteiger partial charge in [-0.2, -0.15) is 5.26 Å². The van der Waals surface area contributed by atoms with E-state index in [2.05, 4.69) is 43.6 Å². The number of allylic oxidation sites excluding steroid dienone is 2. The second-order valence-corrected chi connectivity index (χ2v) is 9.61. The molecule has 190 valence electrons. The molecule has 37 heavy (non-hydrogen) atoms. The fourth-order valence-corrected chi connectivity index (χ4v) is 4.70. The van der Waals surface area contributed by atoms with Gasteiger partial charge in [-0.1, -0.05) is 30.3 Å². The van der Waals surface area contributed by atoms with Gasteiger partial charge in [0.15, 0.2) is 6.23 Å². The van der Waals surface area contributed by atoms with Gasteiger partial charge in [0, 0.05) is 53.9 Å². The second-order valence-electron chi connectivity index (χ2n) is 9.61. The Morgan fingerprint density at radius 1 is 1.03 bits per heavy atom. The number of ether oxygens (including phenoxy) is 1. The summed E-state index contributed by atoms with van der Waals surface area (Å²) in [6.07, 6.45) is 4.56. The molecule has 2 aromatic carbocycles. The number of aliphatic hydroxyl groups excluding tert-OH is 1. The van der Waals surface area contributed by atoms with Crippen molar-refractivity contribution in [1.29, 1.82) is 5.26 Å². The van der Waals surface area contributed by atoms with E-state index in [-0.39, 0.29) is 0 Å². The van der Waals surface area contributed by atoms with Crippen LogP contribution in [0.1, 0.15) is 44.5 Å². The van der Waals surface area contributed by atoms with Crippen LogP contribution in [0.25, 0.3) is 11.1 Å². The molecule has 1 aliphatic rings. The number of nitrogens with zero attached hydrogens (tertiary/aromatic N) is 4. The van der Waals surface area contributed by atoms with E-state index < -0.39 is 6.23 Å². The van der Waals surface area contributed by atoms with Crippen molar-refractivity contribution in [3.63, 3.8) is 0 Å². The number of anilines is 1. The van der Waals surface area contributed by atoms with Crippen molar-refractivity contribution in [2.75, 3.05) is 18.1 Å². The monoisotopic (exact) mass is 494 g/mol. The van der Waals surface area contributed by atoms with Gasteiger partial charge in [0.05, 0.1) is 17.3 Å². The molecule has 1 N–H and O–H groups in total. The zero-order valence-electron chi connectivity index (χ0n) is 21.9. The quantitative estimate of drug-likeness (QED) is 0.411. The molecule has 0 radical (unpaired) electrons. The summed E-state index contributed by atoms with van der Waals surface area (Å²) in [6.45, 7) is 10.2. The molecule has 0 bridgehead atoms. The molecular weight excluding hydrogens is 460 g/mol. The number of hydrogen-bond donors (Lipinski definition) is 1. The molecule has 6 nitrogen and oxygen atoms in total. The minimum Gasteiger partial charge on any atom is -0.492 e. The van der Waals surface area contributed by atoms with Crippen molar-refractivity contribution in [2.45, 2.75) is 46.0 Å². The highest BCUT2D eigenvalue weighted by Gasteiger charge is 2.27. The Morgan fingerprint density at radius 2 is 1.78 bits per heavy atom. The third-order valence-corrected chi connectivity index (χ3v) is 6.51. The summed E-state index contributed by atoms with van der Waals surface area (Å²) >= 11 is 0. The Balaban J connectivity index is 1.66. The number of hydrogen-bond acceptors (Lipinski definition) is 6. The van der Waals surface area contributed by atoms with Gasteiger partial charge in [-0.05, 0) is 69.7 Å². The molecule has 0 aliphatic carbocycles. The van der Waals surface area contributed by atoms with Gasteiger partial charge in [0.25, 0.3) is 0 Å². The Hall–Kier alpha value is -3.92. The summed E-state index contributed by atoms with van der Waals surface area (Å²) in [7, 11) is 0. The van der Waals surface area contributed by atoms with E-state index in [4.69, 9.17) is 4.74 Å². The first kappa shape index (κ1) is 26.2. The Labute approximate surface area is 219 Å². The van der Waals surface area contributed by atoms with Gasteiger partial charge in [-0.15, -0.1) is 0 Å². The number of aliphatic hydroxyl groups is 1. The number of pyridine rings is 1. The predicted octanol–water partition coefficient (Wildman–Crippen LogP) is 5.71. The highest BCUT2D eigenvalue weighted by atomic mass is 16.5. The van der Waals surface area contributed by atoms with E-state index in [1.165, 1.54) is 0 Å². The van der Waals surface area contributed by atoms with Crippen LogP contribution in [-0.2, 0) is 0 Å². The van der Waals surface area contributed by atoms with E-state index in [1.807, 2.05) is 72.9 Å². The molecule has 4 rings (SSSR count). The first-order valence-corrected chi connectivity index (χ1v) is 12.7. The predicted molar refractivity (Wildman–Crippen MR) is 149 cm³/mol. The lowest BCUT2D eigenvalue weighted by molar-refractivity contribution is 0.142. The molecule has 2 heterocycles. The molecule has 6 heteroatoms. The fourth-order valence-electron chi connectivity index (χ4n) is 4.70. The fraction of sp³-hybridized carbons (Fsp3) is 0.290. The van der Waals surface area contributed by atoms with Crippen molar-refractivity contribution in [3.8, 4) is 11.8 Å². The lowest BCUT2D eigenvalue weighted by Crippen LogP contribution is -2.39. The van der Waals surface area contributed by atoms with Crippen molar-refractivity contribution >= 4 is 16.8 Å². The van der Waals surface area contributed by atoms with Gasteiger partial charge in [-0.3, -0.25) is 9.88 Å². The minimum atomic E-state index is -0.991. The molecule has 0 saturated carbocycles. The SMILES string of the molecule is CC(C)N(CCOc1cccc(N2C=C(c3ccccn3)C=C(c3ccccc3C#N)C2O)c1)C(C)C. The number of rotatable bonds is 9. The Kier molecular flexibility index (Phi) is 8.39. The zero-order chi connectivity index (χ0) is 26.4. The molecule has 1 unspecified atom stereocenters. The third kappa shape index (κ3) is 6.08. The number of benzene rings is 2.